The van der Waals surface area contributed by atoms with Gasteiger partial charge in [-0.05, 0) is 37.3 Å². The van der Waals surface area contributed by atoms with Gasteiger partial charge in [0.1, 0.15) is 0 Å². The number of hydrogen-bond donors (Lipinski definition) is 0. The van der Waals surface area contributed by atoms with Crippen LogP contribution < -0.4 is 0 Å². The number of ether oxygens (including phenoxy) is 1. The summed E-state index contributed by atoms with van der Waals surface area (Å²) in [6.45, 7) is 12.5. The van der Waals surface area contributed by atoms with Crippen LogP contribution in [0.5, 0.6) is 0 Å². The molecule has 0 saturated carbocycles. The van der Waals surface area contributed by atoms with Gasteiger partial charge in [0.15, 0.2) is 0 Å². The maximum absolute atomic E-state index is 11.9. The monoisotopic (exact) mass is 249 g/mol. The Bertz CT molecular complexity index is 436. The third kappa shape index (κ3) is 3.09. The zero-order valence-electron chi connectivity index (χ0n) is 12.2. The second kappa shape index (κ2) is 5.98. The van der Waals surface area contributed by atoms with Crippen molar-refractivity contribution in [3.63, 3.8) is 0 Å². The van der Waals surface area contributed by atoms with Crippen molar-refractivity contribution in [3.05, 3.63) is 28.6 Å². The van der Waals surface area contributed by atoms with Crippen molar-refractivity contribution in [2.45, 2.75) is 53.4 Å². The van der Waals surface area contributed by atoms with Gasteiger partial charge in [0.05, 0.1) is 17.9 Å². The van der Waals surface area contributed by atoms with Crippen LogP contribution >= 0.6 is 0 Å². The molecule has 100 valence electrons. The first-order valence-electron chi connectivity index (χ1n) is 6.57. The molecule has 0 bridgehead atoms. The summed E-state index contributed by atoms with van der Waals surface area (Å²) in [5, 5.41) is 0. The molecule has 0 atom stereocenters. The highest BCUT2D eigenvalue weighted by Gasteiger charge is 2.18. The standard InChI is InChI=1S/C15H23NO2/c1-7-18-15(17)13-8-12(9(2)3)14(10(4)5)16-11(13)6/h8-10H,7H2,1-6H3. The van der Waals surface area contributed by atoms with Crippen LogP contribution in [0.2, 0.25) is 0 Å². The Morgan fingerprint density at radius 1 is 1.28 bits per heavy atom. The minimum atomic E-state index is -0.278. The van der Waals surface area contributed by atoms with Gasteiger partial charge >= 0.3 is 5.97 Å². The molecule has 0 aliphatic carbocycles. The van der Waals surface area contributed by atoms with E-state index in [0.717, 1.165) is 17.0 Å². The number of rotatable bonds is 4. The van der Waals surface area contributed by atoms with E-state index in [4.69, 9.17) is 4.74 Å². The number of carbonyl (C=O) groups excluding carboxylic acids is 1. The molecule has 0 fully saturated rings. The average Bonchev–Trinajstić information content (AvgIpc) is 2.28. The molecule has 3 nitrogen and oxygen atoms in total. The SMILES string of the molecule is CCOC(=O)c1cc(C(C)C)c(C(C)C)nc1C. The number of carbonyl (C=O) groups is 1. The fourth-order valence-electron chi connectivity index (χ4n) is 1.98. The summed E-state index contributed by atoms with van der Waals surface area (Å²) in [6, 6.07) is 1.94. The first-order chi connectivity index (χ1) is 8.38. The fourth-order valence-corrected chi connectivity index (χ4v) is 1.98. The second-order valence-corrected chi connectivity index (χ2v) is 5.13. The van der Waals surface area contributed by atoms with E-state index >= 15 is 0 Å². The summed E-state index contributed by atoms with van der Waals surface area (Å²) in [4.78, 5) is 16.5. The van der Waals surface area contributed by atoms with Gasteiger partial charge in [-0.25, -0.2) is 4.79 Å². The average molecular weight is 249 g/mol. The Balaban J connectivity index is 3.31. The lowest BCUT2D eigenvalue weighted by molar-refractivity contribution is 0.0524. The summed E-state index contributed by atoms with van der Waals surface area (Å²) < 4.78 is 5.06. The Morgan fingerprint density at radius 2 is 1.89 bits per heavy atom. The number of esters is 1. The summed E-state index contributed by atoms with van der Waals surface area (Å²) in [6.07, 6.45) is 0. The summed E-state index contributed by atoms with van der Waals surface area (Å²) >= 11 is 0. The first kappa shape index (κ1) is 14.7. The van der Waals surface area contributed by atoms with Crippen molar-refractivity contribution in [1.29, 1.82) is 0 Å². The normalized spacial score (nSPS) is 11.1. The zero-order valence-corrected chi connectivity index (χ0v) is 12.2. The van der Waals surface area contributed by atoms with Crippen molar-refractivity contribution in [2.75, 3.05) is 6.61 Å². The molecule has 0 aliphatic rings. The number of pyridine rings is 1. The van der Waals surface area contributed by atoms with Crippen molar-refractivity contribution >= 4 is 5.97 Å². The lowest BCUT2D eigenvalue weighted by Crippen LogP contribution is -2.12. The lowest BCUT2D eigenvalue weighted by Gasteiger charge is -2.17. The quantitative estimate of drug-likeness (QED) is 0.762. The Kier molecular flexibility index (Phi) is 4.88. The molecule has 0 aliphatic heterocycles. The van der Waals surface area contributed by atoms with E-state index in [9.17, 15) is 4.79 Å². The van der Waals surface area contributed by atoms with Crippen LogP contribution in [0.15, 0.2) is 6.07 Å². The van der Waals surface area contributed by atoms with E-state index in [0.29, 0.717) is 24.0 Å². The van der Waals surface area contributed by atoms with Gasteiger partial charge in [0, 0.05) is 5.69 Å². The molecule has 0 saturated heterocycles. The van der Waals surface area contributed by atoms with Gasteiger partial charge in [0.2, 0.25) is 0 Å². The number of aryl methyl sites for hydroxylation is 1. The second-order valence-electron chi connectivity index (χ2n) is 5.13. The van der Waals surface area contributed by atoms with Crippen LogP contribution in [0.3, 0.4) is 0 Å². The van der Waals surface area contributed by atoms with E-state index in [1.54, 1.807) is 0 Å². The molecule has 18 heavy (non-hydrogen) atoms. The van der Waals surface area contributed by atoms with Crippen molar-refractivity contribution in [2.24, 2.45) is 0 Å². The molecule has 1 aromatic rings. The molecule has 0 spiro atoms. The number of nitrogens with zero attached hydrogens (tertiary/aromatic N) is 1. The van der Waals surface area contributed by atoms with E-state index in [1.165, 1.54) is 0 Å². The van der Waals surface area contributed by atoms with Gasteiger partial charge in [-0.1, -0.05) is 27.7 Å². The highest BCUT2D eigenvalue weighted by atomic mass is 16.5. The largest absolute Gasteiger partial charge is 0.462 e. The predicted molar refractivity (Wildman–Crippen MR) is 73.1 cm³/mol. The van der Waals surface area contributed by atoms with Gasteiger partial charge in [-0.3, -0.25) is 4.98 Å². The highest BCUT2D eigenvalue weighted by Crippen LogP contribution is 2.26. The molecule has 0 amide bonds. The third-order valence-corrected chi connectivity index (χ3v) is 2.94. The van der Waals surface area contributed by atoms with Crippen molar-refractivity contribution < 1.29 is 9.53 Å². The van der Waals surface area contributed by atoms with Crippen LogP contribution in [0, 0.1) is 6.92 Å². The minimum absolute atomic E-state index is 0.278. The van der Waals surface area contributed by atoms with Gasteiger partial charge in [0.25, 0.3) is 0 Å². The zero-order chi connectivity index (χ0) is 13.9. The first-order valence-corrected chi connectivity index (χ1v) is 6.57. The summed E-state index contributed by atoms with van der Waals surface area (Å²) in [7, 11) is 0. The molecule has 0 radical (unpaired) electrons. The van der Waals surface area contributed by atoms with E-state index in [-0.39, 0.29) is 5.97 Å². The van der Waals surface area contributed by atoms with Crippen molar-refractivity contribution in [3.8, 4) is 0 Å². The lowest BCUT2D eigenvalue weighted by atomic mass is 9.93. The minimum Gasteiger partial charge on any atom is -0.462 e. The van der Waals surface area contributed by atoms with Crippen LogP contribution in [-0.4, -0.2) is 17.6 Å². The Morgan fingerprint density at radius 3 is 2.33 bits per heavy atom. The van der Waals surface area contributed by atoms with Crippen LogP contribution in [-0.2, 0) is 4.74 Å². The maximum Gasteiger partial charge on any atom is 0.339 e. The summed E-state index contributed by atoms with van der Waals surface area (Å²) in [5.74, 6) is 0.431. The molecule has 3 heteroatoms. The molecule has 1 heterocycles. The van der Waals surface area contributed by atoms with Crippen LogP contribution in [0.25, 0.3) is 0 Å². The molecule has 0 aromatic carbocycles. The Hall–Kier alpha value is -1.38. The topological polar surface area (TPSA) is 39.2 Å². The fraction of sp³-hybridized carbons (Fsp3) is 0.600. The molecule has 1 rings (SSSR count). The molecule has 0 unspecified atom stereocenters. The van der Waals surface area contributed by atoms with E-state index in [2.05, 4.69) is 32.7 Å². The third-order valence-electron chi connectivity index (χ3n) is 2.94. The highest BCUT2D eigenvalue weighted by molar-refractivity contribution is 5.90. The van der Waals surface area contributed by atoms with Gasteiger partial charge in [-0.15, -0.1) is 0 Å². The van der Waals surface area contributed by atoms with E-state index < -0.39 is 0 Å². The van der Waals surface area contributed by atoms with Gasteiger partial charge in [-0.2, -0.15) is 0 Å². The van der Waals surface area contributed by atoms with Crippen LogP contribution in [0.1, 0.15) is 73.8 Å². The van der Waals surface area contributed by atoms with E-state index in [1.807, 2.05) is 19.9 Å². The van der Waals surface area contributed by atoms with Crippen molar-refractivity contribution in [1.82, 2.24) is 4.98 Å². The Labute approximate surface area is 110 Å². The smallest absolute Gasteiger partial charge is 0.339 e. The number of aromatic nitrogens is 1. The molecule has 0 N–H and O–H groups in total. The predicted octanol–water partition coefficient (Wildman–Crippen LogP) is 3.81. The summed E-state index contributed by atoms with van der Waals surface area (Å²) in [5.41, 5.74) is 3.56. The van der Waals surface area contributed by atoms with Crippen LogP contribution in [0.4, 0.5) is 0 Å². The number of hydrogen-bond acceptors (Lipinski definition) is 3. The van der Waals surface area contributed by atoms with Gasteiger partial charge < -0.3 is 4.74 Å². The maximum atomic E-state index is 11.9. The molecular formula is C15H23NO2. The molecule has 1 aromatic heterocycles. The molecular weight excluding hydrogens is 226 g/mol.